The Kier molecular flexibility index (Phi) is 7.61. The smallest absolute Gasteiger partial charge is 0.355 e. The first-order valence-electron chi connectivity index (χ1n) is 9.87. The normalized spacial score (nSPS) is 12.0. The molecule has 30 heavy (non-hydrogen) atoms. The molecule has 0 aliphatic rings. The minimum atomic E-state index is -0.693. The molecule has 0 amide bonds. The number of nitrogens with one attached hydrogen (secondary N) is 1. The van der Waals surface area contributed by atoms with Gasteiger partial charge >= 0.3 is 11.9 Å². The summed E-state index contributed by atoms with van der Waals surface area (Å²) in [6, 6.07) is 1.87. The number of Topliss-reactive ketones (excluding diaryl/α,β-unsaturated/α-hetero) is 1. The molecule has 0 aromatic carbocycles. The molecule has 1 atom stereocenters. The second-order valence-electron chi connectivity index (χ2n) is 7.30. The lowest BCUT2D eigenvalue weighted by molar-refractivity contribution is 0.0468. The van der Waals surface area contributed by atoms with Crippen LogP contribution >= 0.6 is 0 Å². The molecule has 0 radical (unpaired) electrons. The highest BCUT2D eigenvalue weighted by Crippen LogP contribution is 2.22. The van der Waals surface area contributed by atoms with Crippen LogP contribution in [0, 0.1) is 27.7 Å². The van der Waals surface area contributed by atoms with Crippen LogP contribution < -0.4 is 0 Å². The fraction of sp³-hybridized carbons (Fsp3) is 0.500. The second kappa shape index (κ2) is 9.75. The van der Waals surface area contributed by atoms with E-state index in [-0.39, 0.29) is 24.1 Å². The van der Waals surface area contributed by atoms with Crippen molar-refractivity contribution in [2.45, 2.75) is 47.6 Å². The van der Waals surface area contributed by atoms with Crippen molar-refractivity contribution in [3.63, 3.8) is 0 Å². The maximum atomic E-state index is 12.7. The number of aromatic nitrogens is 2. The van der Waals surface area contributed by atoms with Crippen LogP contribution in [0.1, 0.15) is 73.7 Å². The number of aryl methyl sites for hydroxylation is 2. The molecule has 8 nitrogen and oxygen atoms in total. The maximum Gasteiger partial charge on any atom is 0.355 e. The van der Waals surface area contributed by atoms with Crippen LogP contribution in [0.2, 0.25) is 0 Å². The predicted octanol–water partition coefficient (Wildman–Crippen LogP) is 3.47. The van der Waals surface area contributed by atoms with Crippen molar-refractivity contribution in [2.24, 2.45) is 0 Å². The predicted molar refractivity (Wildman–Crippen MR) is 111 cm³/mol. The molecular formula is C22H30N2O6. The van der Waals surface area contributed by atoms with Gasteiger partial charge in [0, 0.05) is 29.8 Å². The summed E-state index contributed by atoms with van der Waals surface area (Å²) in [6.07, 6.45) is 0. The van der Waals surface area contributed by atoms with Gasteiger partial charge < -0.3 is 23.8 Å². The molecule has 0 bridgehead atoms. The lowest BCUT2D eigenvalue weighted by atomic mass is 10.1. The Balaban J connectivity index is 2.14. The van der Waals surface area contributed by atoms with Gasteiger partial charge in [0.15, 0.2) is 6.61 Å². The zero-order valence-electron chi connectivity index (χ0n) is 18.7. The molecule has 2 rings (SSSR count). The van der Waals surface area contributed by atoms with Crippen LogP contribution in [0.25, 0.3) is 0 Å². The Labute approximate surface area is 176 Å². The molecule has 8 heteroatoms. The van der Waals surface area contributed by atoms with E-state index in [1.54, 1.807) is 33.9 Å². The Morgan fingerprint density at radius 2 is 1.77 bits per heavy atom. The van der Waals surface area contributed by atoms with Crippen LogP contribution in [0.4, 0.5) is 0 Å². The molecule has 2 aromatic rings. The summed E-state index contributed by atoms with van der Waals surface area (Å²) in [5.74, 6) is -1.49. The highest BCUT2D eigenvalue weighted by Gasteiger charge is 2.25. The average molecular weight is 418 g/mol. The van der Waals surface area contributed by atoms with Gasteiger partial charge in [0.25, 0.3) is 0 Å². The Morgan fingerprint density at radius 1 is 1.10 bits per heavy atom. The number of carbonyl (C=O) groups excluding carboxylic acids is 3. The van der Waals surface area contributed by atoms with Crippen molar-refractivity contribution in [3.8, 4) is 0 Å². The van der Waals surface area contributed by atoms with E-state index in [9.17, 15) is 14.4 Å². The third-order valence-corrected chi connectivity index (χ3v) is 5.09. The summed E-state index contributed by atoms with van der Waals surface area (Å²) < 4.78 is 17.5. The number of nitrogens with zero attached hydrogens (tertiary/aromatic N) is 1. The number of ketones is 1. The van der Waals surface area contributed by atoms with Gasteiger partial charge in [-0.2, -0.15) is 0 Å². The minimum absolute atomic E-state index is 0.0740. The fourth-order valence-electron chi connectivity index (χ4n) is 3.80. The molecule has 0 aliphatic carbocycles. The molecule has 164 valence electrons. The van der Waals surface area contributed by atoms with E-state index in [1.165, 1.54) is 0 Å². The van der Waals surface area contributed by atoms with Crippen LogP contribution in [0.3, 0.4) is 0 Å². The van der Waals surface area contributed by atoms with Crippen LogP contribution in [0.15, 0.2) is 6.07 Å². The third-order valence-electron chi connectivity index (χ3n) is 5.09. The van der Waals surface area contributed by atoms with Crippen LogP contribution in [0.5, 0.6) is 0 Å². The Morgan fingerprint density at radius 3 is 2.37 bits per heavy atom. The zero-order chi connectivity index (χ0) is 22.6. The van der Waals surface area contributed by atoms with Gasteiger partial charge in [0.05, 0.1) is 24.8 Å². The highest BCUT2D eigenvalue weighted by molar-refractivity contribution is 6.02. The fourth-order valence-corrected chi connectivity index (χ4v) is 3.80. The monoisotopic (exact) mass is 418 g/mol. The van der Waals surface area contributed by atoms with E-state index in [1.807, 2.05) is 25.3 Å². The Bertz CT molecular complexity index is 953. The SMILES string of the molecule is CCOC(=O)c1c(C)[nH]c(C(=O)OCC(=O)c2cc(C)n(C(C)COC)c2C)c1C. The van der Waals surface area contributed by atoms with Gasteiger partial charge in [-0.25, -0.2) is 9.59 Å². The van der Waals surface area contributed by atoms with E-state index >= 15 is 0 Å². The summed E-state index contributed by atoms with van der Waals surface area (Å²) in [5.41, 5.74) is 3.65. The molecule has 2 heterocycles. The van der Waals surface area contributed by atoms with Gasteiger partial charge in [0.1, 0.15) is 5.69 Å². The quantitative estimate of drug-likeness (QED) is 0.494. The first-order valence-corrected chi connectivity index (χ1v) is 9.87. The molecule has 0 fully saturated rings. The first kappa shape index (κ1) is 23.4. The number of methoxy groups -OCH3 is 1. The van der Waals surface area contributed by atoms with Gasteiger partial charge in [-0.1, -0.05) is 0 Å². The number of H-pyrrole nitrogens is 1. The number of carbonyl (C=O) groups is 3. The second-order valence-corrected chi connectivity index (χ2v) is 7.30. The Hall–Kier alpha value is -2.87. The molecule has 0 aliphatic heterocycles. The van der Waals surface area contributed by atoms with Crippen LogP contribution in [-0.2, 0) is 14.2 Å². The van der Waals surface area contributed by atoms with Gasteiger partial charge in [-0.15, -0.1) is 0 Å². The maximum absolute atomic E-state index is 12.7. The lowest BCUT2D eigenvalue weighted by Gasteiger charge is -2.17. The molecule has 0 saturated carbocycles. The van der Waals surface area contributed by atoms with Crippen molar-refractivity contribution in [1.82, 2.24) is 9.55 Å². The van der Waals surface area contributed by atoms with Crippen molar-refractivity contribution < 1.29 is 28.6 Å². The summed E-state index contributed by atoms with van der Waals surface area (Å²) in [5, 5.41) is 0. The highest BCUT2D eigenvalue weighted by atomic mass is 16.5. The number of aromatic amines is 1. The van der Waals surface area contributed by atoms with E-state index < -0.39 is 18.5 Å². The molecule has 0 saturated heterocycles. The molecule has 1 N–H and O–H groups in total. The summed E-state index contributed by atoms with van der Waals surface area (Å²) in [6.45, 7) is 11.2. The topological polar surface area (TPSA) is 99.6 Å². The first-order chi connectivity index (χ1) is 14.1. The van der Waals surface area contributed by atoms with Crippen molar-refractivity contribution in [1.29, 1.82) is 0 Å². The van der Waals surface area contributed by atoms with Crippen LogP contribution in [-0.4, -0.2) is 54.2 Å². The number of ether oxygens (including phenoxy) is 3. The van der Waals surface area contributed by atoms with Gasteiger partial charge in [-0.3, -0.25) is 4.79 Å². The van der Waals surface area contributed by atoms with Crippen molar-refractivity contribution in [3.05, 3.63) is 45.5 Å². The van der Waals surface area contributed by atoms with Crippen molar-refractivity contribution in [2.75, 3.05) is 26.9 Å². The minimum Gasteiger partial charge on any atom is -0.462 e. The summed E-state index contributed by atoms with van der Waals surface area (Å²) >= 11 is 0. The lowest BCUT2D eigenvalue weighted by Crippen LogP contribution is -2.17. The third kappa shape index (κ3) is 4.64. The van der Waals surface area contributed by atoms with E-state index in [4.69, 9.17) is 14.2 Å². The molecule has 1 unspecified atom stereocenters. The number of rotatable bonds is 9. The average Bonchev–Trinajstić information content (AvgIpc) is 3.15. The van der Waals surface area contributed by atoms with E-state index in [0.717, 1.165) is 11.4 Å². The number of hydrogen-bond acceptors (Lipinski definition) is 6. The summed E-state index contributed by atoms with van der Waals surface area (Å²) in [7, 11) is 1.63. The number of esters is 2. The summed E-state index contributed by atoms with van der Waals surface area (Å²) in [4.78, 5) is 40.2. The molecule has 0 spiro atoms. The van der Waals surface area contributed by atoms with Gasteiger partial charge in [0.2, 0.25) is 5.78 Å². The largest absolute Gasteiger partial charge is 0.462 e. The van der Waals surface area contributed by atoms with E-state index in [0.29, 0.717) is 29.0 Å². The molecular weight excluding hydrogens is 388 g/mol. The van der Waals surface area contributed by atoms with Crippen molar-refractivity contribution >= 4 is 17.7 Å². The van der Waals surface area contributed by atoms with E-state index in [2.05, 4.69) is 4.98 Å². The zero-order valence-corrected chi connectivity index (χ0v) is 18.7. The standard InChI is InChI=1S/C22H30N2O6/c1-8-29-21(26)19-14(4)20(23-15(19)5)22(27)30-11-18(25)17-9-12(2)24(16(17)6)13(3)10-28-7/h9,13,23H,8,10-11H2,1-7H3. The molecule has 2 aromatic heterocycles. The number of hydrogen-bond donors (Lipinski definition) is 1. The van der Waals surface area contributed by atoms with Gasteiger partial charge in [-0.05, 0) is 53.2 Å².